The zero-order chi connectivity index (χ0) is 21.0. The molecule has 0 aliphatic rings. The summed E-state index contributed by atoms with van der Waals surface area (Å²) < 4.78 is 42.0. The molecule has 0 saturated carbocycles. The van der Waals surface area contributed by atoms with Gasteiger partial charge < -0.3 is 5.32 Å². The fourth-order valence-corrected chi connectivity index (χ4v) is 4.24. The number of sulfonamides is 1. The van der Waals surface area contributed by atoms with Crippen molar-refractivity contribution >= 4 is 50.7 Å². The highest BCUT2D eigenvalue weighted by Crippen LogP contribution is 2.25. The van der Waals surface area contributed by atoms with E-state index in [-0.39, 0.29) is 21.2 Å². The highest BCUT2D eigenvalue weighted by Gasteiger charge is 2.18. The van der Waals surface area contributed by atoms with E-state index >= 15 is 0 Å². The lowest BCUT2D eigenvalue weighted by Crippen LogP contribution is -2.15. The van der Waals surface area contributed by atoms with Crippen LogP contribution in [0.3, 0.4) is 0 Å². The van der Waals surface area contributed by atoms with E-state index in [1.165, 1.54) is 30.0 Å². The molecule has 2 N–H and O–H groups in total. The summed E-state index contributed by atoms with van der Waals surface area (Å²) in [5.74, 6) is -1.48. The summed E-state index contributed by atoms with van der Waals surface area (Å²) in [6, 6.07) is 16.4. The third kappa shape index (κ3) is 5.09. The van der Waals surface area contributed by atoms with Gasteiger partial charge in [0.05, 0.1) is 21.2 Å². The number of rotatable bonds is 6. The number of hydrogen-bond acceptors (Lipinski definition) is 4. The van der Waals surface area contributed by atoms with Gasteiger partial charge in [0, 0.05) is 10.6 Å². The van der Waals surface area contributed by atoms with Gasteiger partial charge in [-0.3, -0.25) is 9.52 Å². The van der Waals surface area contributed by atoms with Gasteiger partial charge in [0.15, 0.2) is 0 Å². The zero-order valence-electron chi connectivity index (χ0n) is 15.1. The van der Waals surface area contributed by atoms with E-state index in [4.69, 9.17) is 11.6 Å². The van der Waals surface area contributed by atoms with Gasteiger partial charge in [0.2, 0.25) is 0 Å². The topological polar surface area (TPSA) is 75.3 Å². The van der Waals surface area contributed by atoms with Crippen molar-refractivity contribution in [2.45, 2.75) is 9.79 Å². The third-order valence-electron chi connectivity index (χ3n) is 3.94. The molecule has 0 bridgehead atoms. The van der Waals surface area contributed by atoms with Gasteiger partial charge in [0.1, 0.15) is 5.82 Å². The molecule has 29 heavy (non-hydrogen) atoms. The van der Waals surface area contributed by atoms with Crippen molar-refractivity contribution in [3.63, 3.8) is 0 Å². The summed E-state index contributed by atoms with van der Waals surface area (Å²) in [6.07, 6.45) is 1.87. The molecule has 0 aliphatic heterocycles. The molecule has 3 rings (SSSR count). The van der Waals surface area contributed by atoms with Crippen molar-refractivity contribution in [1.82, 2.24) is 0 Å². The molecule has 0 aromatic heterocycles. The van der Waals surface area contributed by atoms with Crippen LogP contribution in [0, 0.1) is 5.82 Å². The zero-order valence-corrected chi connectivity index (χ0v) is 17.5. The molecule has 0 saturated heterocycles. The highest BCUT2D eigenvalue weighted by atomic mass is 35.5. The van der Waals surface area contributed by atoms with Gasteiger partial charge in [-0.25, -0.2) is 12.8 Å². The molecule has 0 heterocycles. The minimum atomic E-state index is -4.00. The molecule has 5 nitrogen and oxygen atoms in total. The minimum Gasteiger partial charge on any atom is -0.319 e. The largest absolute Gasteiger partial charge is 0.319 e. The molecule has 0 fully saturated rings. The molecular formula is C20H16ClFN2O3S2. The standard InChI is InChI=1S/C20H16ClFN2O3S2/c1-28-14-6-4-5-13(11-14)24-29(26,27)15-9-10-19(18(22)12-15)23-20(25)16-7-2-3-8-17(16)21/h2-12,24H,1H3,(H,23,25). The van der Waals surface area contributed by atoms with Crippen LogP contribution in [0.5, 0.6) is 0 Å². The SMILES string of the molecule is CSc1cccc(NS(=O)(=O)c2ccc(NC(=O)c3ccccc3Cl)c(F)c2)c1. The van der Waals surface area contributed by atoms with Crippen LogP contribution in [0.25, 0.3) is 0 Å². The third-order valence-corrected chi connectivity index (χ3v) is 6.37. The maximum Gasteiger partial charge on any atom is 0.261 e. The first-order valence-electron chi connectivity index (χ1n) is 8.32. The second-order valence-electron chi connectivity index (χ2n) is 5.91. The van der Waals surface area contributed by atoms with Crippen molar-refractivity contribution in [2.24, 2.45) is 0 Å². The van der Waals surface area contributed by atoms with Crippen LogP contribution in [-0.2, 0) is 10.0 Å². The van der Waals surface area contributed by atoms with Gasteiger partial charge in [-0.15, -0.1) is 11.8 Å². The number of thioether (sulfide) groups is 1. The van der Waals surface area contributed by atoms with E-state index in [2.05, 4.69) is 10.0 Å². The lowest BCUT2D eigenvalue weighted by molar-refractivity contribution is 0.102. The molecule has 0 spiro atoms. The van der Waals surface area contributed by atoms with E-state index < -0.39 is 21.7 Å². The number of amides is 1. The number of carbonyl (C=O) groups is 1. The Hall–Kier alpha value is -2.55. The molecule has 1 amide bonds. The average molecular weight is 451 g/mol. The van der Waals surface area contributed by atoms with Crippen molar-refractivity contribution in [3.05, 3.63) is 83.1 Å². The average Bonchev–Trinajstić information content (AvgIpc) is 2.69. The maximum absolute atomic E-state index is 14.5. The van der Waals surface area contributed by atoms with Crippen LogP contribution < -0.4 is 10.0 Å². The Balaban J connectivity index is 1.81. The van der Waals surface area contributed by atoms with Crippen LogP contribution in [0.2, 0.25) is 5.02 Å². The number of carbonyl (C=O) groups excluding carboxylic acids is 1. The van der Waals surface area contributed by atoms with E-state index in [9.17, 15) is 17.6 Å². The van der Waals surface area contributed by atoms with Crippen molar-refractivity contribution in [2.75, 3.05) is 16.3 Å². The Morgan fingerprint density at radius 2 is 1.79 bits per heavy atom. The Labute approximate surface area is 177 Å². The Morgan fingerprint density at radius 1 is 1.03 bits per heavy atom. The van der Waals surface area contributed by atoms with Crippen molar-refractivity contribution < 1.29 is 17.6 Å². The first-order chi connectivity index (χ1) is 13.8. The lowest BCUT2D eigenvalue weighted by Gasteiger charge is -2.11. The molecule has 150 valence electrons. The predicted octanol–water partition coefficient (Wildman–Crippen LogP) is 5.25. The molecule has 0 aliphatic carbocycles. The molecule has 0 atom stereocenters. The second-order valence-corrected chi connectivity index (χ2v) is 8.88. The van der Waals surface area contributed by atoms with Gasteiger partial charge in [0.25, 0.3) is 15.9 Å². The first kappa shape index (κ1) is 21.2. The van der Waals surface area contributed by atoms with E-state index in [1.54, 1.807) is 36.4 Å². The van der Waals surface area contributed by atoms with Gasteiger partial charge in [-0.2, -0.15) is 0 Å². The van der Waals surface area contributed by atoms with Gasteiger partial charge in [-0.05, 0) is 54.8 Å². The van der Waals surface area contributed by atoms with Gasteiger partial charge in [-0.1, -0.05) is 29.8 Å². The summed E-state index contributed by atoms with van der Waals surface area (Å²) in [5, 5.41) is 2.62. The molecule has 0 unspecified atom stereocenters. The minimum absolute atomic E-state index is 0.154. The molecule has 3 aromatic rings. The molecule has 9 heteroatoms. The van der Waals surface area contributed by atoms with Gasteiger partial charge >= 0.3 is 0 Å². The monoisotopic (exact) mass is 450 g/mol. The number of nitrogens with one attached hydrogen (secondary N) is 2. The maximum atomic E-state index is 14.5. The quantitative estimate of drug-likeness (QED) is 0.502. The summed E-state index contributed by atoms with van der Waals surface area (Å²) in [5.41, 5.74) is 0.396. The molecule has 0 radical (unpaired) electrons. The number of benzene rings is 3. The van der Waals surface area contributed by atoms with E-state index in [1.807, 2.05) is 12.3 Å². The summed E-state index contributed by atoms with van der Waals surface area (Å²) in [7, 11) is -4.00. The first-order valence-corrected chi connectivity index (χ1v) is 11.4. The number of halogens is 2. The highest BCUT2D eigenvalue weighted by molar-refractivity contribution is 7.98. The van der Waals surface area contributed by atoms with E-state index in [0.717, 1.165) is 11.0 Å². The smallest absolute Gasteiger partial charge is 0.261 e. The van der Waals surface area contributed by atoms with Crippen LogP contribution >= 0.6 is 23.4 Å². The predicted molar refractivity (Wildman–Crippen MR) is 115 cm³/mol. The fourth-order valence-electron chi connectivity index (χ4n) is 2.50. The Morgan fingerprint density at radius 3 is 2.48 bits per heavy atom. The summed E-state index contributed by atoms with van der Waals surface area (Å²) >= 11 is 7.43. The number of anilines is 2. The Bertz CT molecular complexity index is 1170. The van der Waals surface area contributed by atoms with Crippen molar-refractivity contribution in [1.29, 1.82) is 0 Å². The van der Waals surface area contributed by atoms with Crippen LogP contribution in [0.15, 0.2) is 76.5 Å². The van der Waals surface area contributed by atoms with Crippen molar-refractivity contribution in [3.8, 4) is 0 Å². The van der Waals surface area contributed by atoms with E-state index in [0.29, 0.717) is 5.69 Å². The normalized spacial score (nSPS) is 11.1. The second kappa shape index (κ2) is 8.86. The fraction of sp³-hybridized carbons (Fsp3) is 0.0500. The lowest BCUT2D eigenvalue weighted by atomic mass is 10.2. The van der Waals surface area contributed by atoms with Crippen LogP contribution in [-0.4, -0.2) is 20.6 Å². The Kier molecular flexibility index (Phi) is 6.46. The number of hydrogen-bond donors (Lipinski definition) is 2. The summed E-state index contributed by atoms with van der Waals surface area (Å²) in [4.78, 5) is 12.9. The molecule has 3 aromatic carbocycles. The van der Waals surface area contributed by atoms with Crippen LogP contribution in [0.1, 0.15) is 10.4 Å². The summed E-state index contributed by atoms with van der Waals surface area (Å²) in [6.45, 7) is 0. The van der Waals surface area contributed by atoms with Crippen LogP contribution in [0.4, 0.5) is 15.8 Å². The molecular weight excluding hydrogens is 435 g/mol.